The van der Waals surface area contributed by atoms with Crippen LogP contribution in [0.15, 0.2) is 0 Å². The van der Waals surface area contributed by atoms with E-state index in [2.05, 4.69) is 0 Å². The summed E-state index contributed by atoms with van der Waals surface area (Å²) >= 11 is 0. The number of hydrogen-bond acceptors (Lipinski definition) is 3. The Morgan fingerprint density at radius 2 is 1.76 bits per heavy atom. The van der Waals surface area contributed by atoms with Crippen LogP contribution in [-0.2, 0) is 9.53 Å². The largest absolute Gasteiger partial charge is 0.366 e. The fourth-order valence-electron chi connectivity index (χ4n) is 2.61. The molecule has 1 atom stereocenters. The SMILES string of the molecule is CCC[C@@H](N)C(=O)N1CC(C)(C)OC(C)(C)C1. The molecule has 0 bridgehead atoms. The van der Waals surface area contributed by atoms with Gasteiger partial charge in [-0.15, -0.1) is 0 Å². The van der Waals surface area contributed by atoms with Crippen LogP contribution in [0.2, 0.25) is 0 Å². The van der Waals surface area contributed by atoms with Gasteiger partial charge in [0, 0.05) is 13.1 Å². The topological polar surface area (TPSA) is 55.6 Å². The van der Waals surface area contributed by atoms with Gasteiger partial charge in [-0.05, 0) is 34.1 Å². The second kappa shape index (κ2) is 4.94. The maximum atomic E-state index is 12.2. The summed E-state index contributed by atoms with van der Waals surface area (Å²) in [5.74, 6) is 0.0521. The van der Waals surface area contributed by atoms with Gasteiger partial charge in [-0.2, -0.15) is 0 Å². The van der Waals surface area contributed by atoms with Gasteiger partial charge < -0.3 is 15.4 Å². The zero-order valence-corrected chi connectivity index (χ0v) is 11.7. The Bertz CT molecular complexity index is 271. The predicted molar refractivity (Wildman–Crippen MR) is 68.7 cm³/mol. The van der Waals surface area contributed by atoms with E-state index in [1.54, 1.807) is 0 Å². The Morgan fingerprint density at radius 3 is 2.18 bits per heavy atom. The maximum absolute atomic E-state index is 12.2. The van der Waals surface area contributed by atoms with Crippen LogP contribution in [0.25, 0.3) is 0 Å². The summed E-state index contributed by atoms with van der Waals surface area (Å²) in [5, 5.41) is 0. The van der Waals surface area contributed by atoms with Gasteiger partial charge >= 0.3 is 0 Å². The van der Waals surface area contributed by atoms with Crippen LogP contribution >= 0.6 is 0 Å². The molecule has 1 saturated heterocycles. The average Bonchev–Trinajstić information content (AvgIpc) is 2.12. The summed E-state index contributed by atoms with van der Waals surface area (Å²) in [6.45, 7) is 11.3. The highest BCUT2D eigenvalue weighted by atomic mass is 16.5. The summed E-state index contributed by atoms with van der Waals surface area (Å²) in [5.41, 5.74) is 5.30. The minimum absolute atomic E-state index is 0.0521. The van der Waals surface area contributed by atoms with Gasteiger partial charge in [0.15, 0.2) is 0 Å². The molecule has 0 aromatic heterocycles. The van der Waals surface area contributed by atoms with Gasteiger partial charge in [0.2, 0.25) is 5.91 Å². The normalized spacial score (nSPS) is 24.5. The molecule has 4 heteroatoms. The predicted octanol–water partition coefficient (Wildman–Crippen LogP) is 1.53. The third-order valence-corrected chi connectivity index (χ3v) is 2.92. The monoisotopic (exact) mass is 242 g/mol. The number of ether oxygens (including phenoxy) is 1. The van der Waals surface area contributed by atoms with Crippen LogP contribution in [0.3, 0.4) is 0 Å². The smallest absolute Gasteiger partial charge is 0.239 e. The molecule has 0 spiro atoms. The van der Waals surface area contributed by atoms with Gasteiger partial charge in [-0.3, -0.25) is 4.79 Å². The molecule has 0 aliphatic carbocycles. The third-order valence-electron chi connectivity index (χ3n) is 2.92. The van der Waals surface area contributed by atoms with Gasteiger partial charge in [0.1, 0.15) is 0 Å². The second-order valence-corrected chi connectivity index (χ2v) is 6.21. The molecule has 1 aliphatic heterocycles. The van der Waals surface area contributed by atoms with Crippen LogP contribution in [0.5, 0.6) is 0 Å². The lowest BCUT2D eigenvalue weighted by Gasteiger charge is -2.47. The first-order valence-corrected chi connectivity index (χ1v) is 6.41. The molecule has 0 saturated carbocycles. The van der Waals surface area contributed by atoms with E-state index in [1.807, 2.05) is 39.5 Å². The molecule has 4 nitrogen and oxygen atoms in total. The summed E-state index contributed by atoms with van der Waals surface area (Å²) in [4.78, 5) is 14.1. The summed E-state index contributed by atoms with van der Waals surface area (Å²) < 4.78 is 5.95. The Hall–Kier alpha value is -0.610. The van der Waals surface area contributed by atoms with Crippen molar-refractivity contribution >= 4 is 5.91 Å². The molecule has 1 aliphatic rings. The van der Waals surface area contributed by atoms with Crippen molar-refractivity contribution in [2.24, 2.45) is 5.73 Å². The molecule has 2 N–H and O–H groups in total. The van der Waals surface area contributed by atoms with Crippen LogP contribution in [0, 0.1) is 0 Å². The van der Waals surface area contributed by atoms with Crippen molar-refractivity contribution in [2.45, 2.75) is 64.7 Å². The van der Waals surface area contributed by atoms with Crippen molar-refractivity contribution in [1.29, 1.82) is 0 Å². The summed E-state index contributed by atoms with van der Waals surface area (Å²) in [6, 6.07) is -0.371. The van der Waals surface area contributed by atoms with Crippen LogP contribution < -0.4 is 5.73 Å². The van der Waals surface area contributed by atoms with E-state index in [1.165, 1.54) is 0 Å². The van der Waals surface area contributed by atoms with Gasteiger partial charge in [0.25, 0.3) is 0 Å². The summed E-state index contributed by atoms with van der Waals surface area (Å²) in [6.07, 6.45) is 1.68. The van der Waals surface area contributed by atoms with Crippen molar-refractivity contribution in [3.63, 3.8) is 0 Å². The highest BCUT2D eigenvalue weighted by Gasteiger charge is 2.40. The van der Waals surface area contributed by atoms with E-state index in [-0.39, 0.29) is 23.2 Å². The number of morpholine rings is 1. The van der Waals surface area contributed by atoms with Crippen LogP contribution in [0.1, 0.15) is 47.5 Å². The third kappa shape index (κ3) is 3.96. The number of carbonyl (C=O) groups excluding carboxylic acids is 1. The average molecular weight is 242 g/mol. The van der Waals surface area contributed by atoms with E-state index in [4.69, 9.17) is 10.5 Å². The summed E-state index contributed by atoms with van der Waals surface area (Å²) in [7, 11) is 0. The van der Waals surface area contributed by atoms with E-state index in [0.29, 0.717) is 13.1 Å². The Kier molecular flexibility index (Phi) is 4.20. The lowest BCUT2D eigenvalue weighted by molar-refractivity contribution is -0.188. The number of carbonyl (C=O) groups is 1. The van der Waals surface area contributed by atoms with Gasteiger partial charge in [-0.25, -0.2) is 0 Å². The quantitative estimate of drug-likeness (QED) is 0.816. The molecule has 1 amide bonds. The number of hydrogen-bond donors (Lipinski definition) is 1. The van der Waals surface area contributed by atoms with E-state index in [0.717, 1.165) is 12.8 Å². The molecule has 0 aromatic carbocycles. The van der Waals surface area contributed by atoms with E-state index < -0.39 is 0 Å². The van der Waals surface area contributed by atoms with Crippen LogP contribution in [0.4, 0.5) is 0 Å². The molecular weight excluding hydrogens is 216 g/mol. The Balaban J connectivity index is 2.74. The van der Waals surface area contributed by atoms with Crippen LogP contribution in [-0.4, -0.2) is 41.1 Å². The number of amides is 1. The molecule has 1 heterocycles. The maximum Gasteiger partial charge on any atom is 0.239 e. The Morgan fingerprint density at radius 1 is 1.29 bits per heavy atom. The molecule has 1 rings (SSSR count). The highest BCUT2D eigenvalue weighted by molar-refractivity contribution is 5.81. The standard InChI is InChI=1S/C13H26N2O2/c1-6-7-10(14)11(16)15-8-12(2,3)17-13(4,5)9-15/h10H,6-9,14H2,1-5H3/t10-/m1/s1. The fourth-order valence-corrected chi connectivity index (χ4v) is 2.61. The first-order chi connectivity index (χ1) is 7.67. The van der Waals surface area contributed by atoms with E-state index in [9.17, 15) is 4.79 Å². The molecular formula is C13H26N2O2. The number of nitrogens with two attached hydrogens (primary N) is 1. The zero-order valence-electron chi connectivity index (χ0n) is 11.7. The molecule has 0 aromatic rings. The molecule has 100 valence electrons. The first kappa shape index (κ1) is 14.5. The van der Waals surface area contributed by atoms with Gasteiger partial charge in [0.05, 0.1) is 17.2 Å². The molecule has 1 fully saturated rings. The van der Waals surface area contributed by atoms with Crippen molar-refractivity contribution in [3.8, 4) is 0 Å². The highest BCUT2D eigenvalue weighted by Crippen LogP contribution is 2.28. The first-order valence-electron chi connectivity index (χ1n) is 6.41. The number of rotatable bonds is 3. The molecule has 0 radical (unpaired) electrons. The zero-order chi connectivity index (χ0) is 13.3. The van der Waals surface area contributed by atoms with Crippen molar-refractivity contribution < 1.29 is 9.53 Å². The second-order valence-electron chi connectivity index (χ2n) is 6.21. The molecule has 17 heavy (non-hydrogen) atoms. The number of nitrogens with zero attached hydrogens (tertiary/aromatic N) is 1. The lowest BCUT2D eigenvalue weighted by atomic mass is 9.98. The fraction of sp³-hybridized carbons (Fsp3) is 0.923. The van der Waals surface area contributed by atoms with E-state index >= 15 is 0 Å². The van der Waals surface area contributed by atoms with Crippen molar-refractivity contribution in [2.75, 3.05) is 13.1 Å². The van der Waals surface area contributed by atoms with Crippen molar-refractivity contribution in [3.05, 3.63) is 0 Å². The lowest BCUT2D eigenvalue weighted by Crippen LogP contribution is -2.61. The minimum atomic E-state index is -0.371. The van der Waals surface area contributed by atoms with Gasteiger partial charge in [-0.1, -0.05) is 13.3 Å². The Labute approximate surface area is 104 Å². The minimum Gasteiger partial charge on any atom is -0.366 e. The molecule has 0 unspecified atom stereocenters. The van der Waals surface area contributed by atoms with Crippen molar-refractivity contribution in [1.82, 2.24) is 4.90 Å².